The lowest BCUT2D eigenvalue weighted by molar-refractivity contribution is 0.525. The molecule has 28 rings (SSSR count). The van der Waals surface area contributed by atoms with Gasteiger partial charge in [0.15, 0.2) is 0 Å². The lowest BCUT2D eigenvalue weighted by Crippen LogP contribution is -2.62. The number of benzene rings is 22. The number of fused-ring (bicyclic) bond motifs is 21. The van der Waals surface area contributed by atoms with Gasteiger partial charge in [0, 0.05) is 141 Å². The van der Waals surface area contributed by atoms with Crippen LogP contribution in [0.1, 0.15) is 99.9 Å². The second kappa shape index (κ2) is 33.5. The molecule has 0 N–H and O–H groups in total. The standard InChI is InChI=1S/C138H110B3N7/c1-86-52-62-101(63-53-86)142(102-64-54-87(2)55-65-102)104-68-73-114-123(83-104)148(127-82-95(136(5,6)7)79-124-128(127)139(114)117-76-89(4)58-74-121(117)143(124)103-66-56-88(3)57-67-103)120-51-33-36-92-77-93(59-69-106(92)120)112-84-119-134(111-50-32-30-48-109(111)112)147(100-43-23-16-24-44-100)135-113(70-75-122-130(135)141(119)116-72-61-90-34-25-27-46-107(90)131(116)144(122)97-37-17-13-18-38-97)138(11,12)85-94-78-118-133(110-49-31-29-45-105(94)110)146(99-41-21-15-22-42-99)126-81-96(137(8,9)10)80-125-129(126)140(118)115-71-60-91-35-26-28-47-108(91)132(115)145(125)98-39-19-14-20-40-98/h13-84H,85H2,1-12H3. The maximum absolute atomic E-state index is 2.73. The molecule has 0 saturated carbocycles. The third-order valence-corrected chi connectivity index (χ3v) is 32.9. The first-order valence-corrected chi connectivity index (χ1v) is 52.6. The number of aryl methyl sites for hydroxylation is 4. The summed E-state index contributed by atoms with van der Waals surface area (Å²) < 4.78 is 0. The molecule has 0 spiro atoms. The fourth-order valence-corrected chi connectivity index (χ4v) is 26.0. The Morgan fingerprint density at radius 2 is 0.635 bits per heavy atom. The molecular formula is C138H110B3N7. The van der Waals surface area contributed by atoms with E-state index < -0.39 is 5.41 Å². The molecule has 0 amide bonds. The maximum Gasteiger partial charge on any atom is 0.252 e. The zero-order valence-corrected chi connectivity index (χ0v) is 85.6. The van der Waals surface area contributed by atoms with Crippen LogP contribution in [0.5, 0.6) is 0 Å². The Hall–Kier alpha value is -17.1. The minimum absolute atomic E-state index is 0.108. The fourth-order valence-electron chi connectivity index (χ4n) is 26.0. The van der Waals surface area contributed by atoms with Crippen LogP contribution < -0.4 is 83.5 Å². The van der Waals surface area contributed by atoms with Gasteiger partial charge in [-0.1, -0.05) is 369 Å². The topological polar surface area (TPSA) is 22.7 Å². The minimum Gasteiger partial charge on any atom is -0.311 e. The van der Waals surface area contributed by atoms with Crippen molar-refractivity contribution < 1.29 is 0 Å². The number of para-hydroxylation sites is 4. The van der Waals surface area contributed by atoms with Gasteiger partial charge in [0.2, 0.25) is 0 Å². The largest absolute Gasteiger partial charge is 0.311 e. The summed E-state index contributed by atoms with van der Waals surface area (Å²) in [6.07, 6.45) is 0.708. The Bertz CT molecular complexity index is 9210. The van der Waals surface area contributed by atoms with E-state index in [0.29, 0.717) is 6.42 Å². The molecule has 6 aliphatic rings. The van der Waals surface area contributed by atoms with Crippen molar-refractivity contribution in [2.75, 3.05) is 34.3 Å². The van der Waals surface area contributed by atoms with Gasteiger partial charge in [-0.2, -0.15) is 0 Å². The highest BCUT2D eigenvalue weighted by Crippen LogP contribution is 2.58. The van der Waals surface area contributed by atoms with Crippen LogP contribution in [0.4, 0.5) is 119 Å². The number of anilines is 21. The van der Waals surface area contributed by atoms with Crippen LogP contribution in [0.2, 0.25) is 0 Å². The average molecular weight is 1900 g/mol. The van der Waals surface area contributed by atoms with Crippen molar-refractivity contribution in [3.63, 3.8) is 0 Å². The van der Waals surface area contributed by atoms with Crippen LogP contribution in [-0.4, -0.2) is 20.1 Å². The molecule has 0 aliphatic carbocycles. The summed E-state index contributed by atoms with van der Waals surface area (Å²) in [5.41, 5.74) is 47.3. The summed E-state index contributed by atoms with van der Waals surface area (Å²) >= 11 is 0. The molecule has 0 aromatic heterocycles. The lowest BCUT2D eigenvalue weighted by atomic mass is 9.32. The van der Waals surface area contributed by atoms with Crippen LogP contribution in [0.25, 0.3) is 65.0 Å². The second-order valence-corrected chi connectivity index (χ2v) is 44.7. The highest BCUT2D eigenvalue weighted by atomic mass is 15.2. The molecule has 6 heterocycles. The first kappa shape index (κ1) is 88.6. The predicted octanol–water partition coefficient (Wildman–Crippen LogP) is 31.2. The van der Waals surface area contributed by atoms with Crippen LogP contribution in [0.3, 0.4) is 0 Å². The number of hydrogen-bond acceptors (Lipinski definition) is 7. The van der Waals surface area contributed by atoms with Crippen molar-refractivity contribution in [1.82, 2.24) is 0 Å². The number of nitrogens with zero attached hydrogens (tertiary/aromatic N) is 7. The van der Waals surface area contributed by atoms with E-state index in [2.05, 4.69) is 554 Å². The third-order valence-electron chi connectivity index (χ3n) is 32.9. The molecule has 706 valence electrons. The fraction of sp³-hybridized carbons (Fsp3) is 0.116. The average Bonchev–Trinajstić information content (AvgIpc) is 0.684. The van der Waals surface area contributed by atoms with Crippen molar-refractivity contribution in [1.29, 1.82) is 0 Å². The highest BCUT2D eigenvalue weighted by molar-refractivity contribution is 7.02. The molecule has 0 atom stereocenters. The summed E-state index contributed by atoms with van der Waals surface area (Å²) in [5, 5.41) is 12.0. The number of hydrogen-bond donors (Lipinski definition) is 0. The van der Waals surface area contributed by atoms with Crippen molar-refractivity contribution in [3.8, 4) is 11.1 Å². The van der Waals surface area contributed by atoms with Crippen molar-refractivity contribution in [2.45, 2.75) is 106 Å². The Morgan fingerprint density at radius 3 is 1.19 bits per heavy atom. The van der Waals surface area contributed by atoms with Gasteiger partial charge in [0.25, 0.3) is 20.1 Å². The molecule has 148 heavy (non-hydrogen) atoms. The Labute approximate surface area is 868 Å². The molecule has 0 unspecified atom stereocenters. The summed E-state index contributed by atoms with van der Waals surface area (Å²) in [7, 11) is 0. The SMILES string of the molecule is Cc1ccc(N(c2ccc(C)cc2)c2ccc3c(c2)N(c2cccc4cc(-c5cc6c(c7ccccc57)N(c5ccccc5)c5c(C(C)(C)Cc7cc8c(c9ccccc79)N(c7ccccc7)c7cc(C(C)(C)C)cc9c7B8c7ccc8ccccc8c7N9c7ccccc7)ccc7c5B6c5ccc6ccccc6c5N7c5ccccc5)ccc24)c2cc(C(C)(C)C)cc4c2B3c2cc(C)ccc2N4c2ccc(C)cc2)cc1. The summed E-state index contributed by atoms with van der Waals surface area (Å²) in [5.74, 6) is 0. The van der Waals surface area contributed by atoms with E-state index in [1.165, 1.54) is 205 Å². The van der Waals surface area contributed by atoms with E-state index >= 15 is 0 Å². The van der Waals surface area contributed by atoms with E-state index in [9.17, 15) is 0 Å². The smallest absolute Gasteiger partial charge is 0.252 e. The van der Waals surface area contributed by atoms with Gasteiger partial charge in [-0.15, -0.1) is 0 Å². The van der Waals surface area contributed by atoms with Gasteiger partial charge < -0.3 is 34.3 Å². The number of rotatable bonds is 13. The normalized spacial score (nSPS) is 13.6. The molecule has 22 aromatic rings. The first-order chi connectivity index (χ1) is 72.1. The molecule has 0 saturated heterocycles. The van der Waals surface area contributed by atoms with Gasteiger partial charge >= 0.3 is 0 Å². The molecular weight excluding hydrogens is 1790 g/mol. The van der Waals surface area contributed by atoms with E-state index in [1.807, 2.05) is 0 Å². The van der Waals surface area contributed by atoms with Gasteiger partial charge in [-0.25, -0.2) is 0 Å². The van der Waals surface area contributed by atoms with Crippen LogP contribution in [-0.2, 0) is 22.7 Å². The quantitative estimate of drug-likeness (QED) is 0.106. The molecule has 0 fully saturated rings. The minimum atomic E-state index is -0.564. The van der Waals surface area contributed by atoms with Crippen molar-refractivity contribution in [2.24, 2.45) is 0 Å². The lowest BCUT2D eigenvalue weighted by Gasteiger charge is -2.47. The summed E-state index contributed by atoms with van der Waals surface area (Å²) in [4.78, 5) is 18.3. The van der Waals surface area contributed by atoms with E-state index in [1.54, 1.807) is 0 Å². The zero-order chi connectivity index (χ0) is 99.8. The van der Waals surface area contributed by atoms with E-state index in [4.69, 9.17) is 0 Å². The van der Waals surface area contributed by atoms with Crippen LogP contribution in [0.15, 0.2) is 437 Å². The van der Waals surface area contributed by atoms with Gasteiger partial charge in [0.05, 0.1) is 5.69 Å². The summed E-state index contributed by atoms with van der Waals surface area (Å²) in [6.45, 7) is 27.7. The molecule has 22 aromatic carbocycles. The molecule has 10 heteroatoms. The van der Waals surface area contributed by atoms with E-state index in [-0.39, 0.29) is 31.0 Å². The Balaban J connectivity index is 0.662. The zero-order valence-electron chi connectivity index (χ0n) is 85.6. The predicted molar refractivity (Wildman–Crippen MR) is 636 cm³/mol. The van der Waals surface area contributed by atoms with Gasteiger partial charge in [-0.3, -0.25) is 0 Å². The van der Waals surface area contributed by atoms with Gasteiger partial charge in [0.1, 0.15) is 0 Å². The monoisotopic (exact) mass is 1900 g/mol. The second-order valence-electron chi connectivity index (χ2n) is 44.7. The van der Waals surface area contributed by atoms with Crippen molar-refractivity contribution >= 4 is 243 Å². The highest BCUT2D eigenvalue weighted by Gasteiger charge is 2.52. The molecule has 6 aliphatic heterocycles. The first-order valence-electron chi connectivity index (χ1n) is 52.6. The maximum atomic E-state index is 2.73. The third kappa shape index (κ3) is 13.7. The van der Waals surface area contributed by atoms with Gasteiger partial charge in [-0.05, 0) is 305 Å². The molecule has 7 nitrogen and oxygen atoms in total. The molecule has 0 bridgehead atoms. The Morgan fingerprint density at radius 1 is 0.223 bits per heavy atom. The van der Waals surface area contributed by atoms with Crippen molar-refractivity contribution in [3.05, 3.63) is 481 Å². The van der Waals surface area contributed by atoms with Crippen LogP contribution >= 0.6 is 0 Å². The molecule has 0 radical (unpaired) electrons. The van der Waals surface area contributed by atoms with E-state index in [0.717, 1.165) is 73.2 Å². The van der Waals surface area contributed by atoms with Crippen LogP contribution in [0, 0.1) is 27.7 Å². The summed E-state index contributed by atoms with van der Waals surface area (Å²) in [6, 6.07) is 169. The Kier molecular flexibility index (Phi) is 20.1.